The largest absolute Gasteiger partial charge is 0.352 e. The maximum Gasteiger partial charge on any atom is 0.226 e. The summed E-state index contributed by atoms with van der Waals surface area (Å²) in [6.45, 7) is 2.34. The highest BCUT2D eigenvalue weighted by Gasteiger charge is 2.38. The van der Waals surface area contributed by atoms with Crippen LogP contribution in [0.2, 0.25) is 0 Å². The van der Waals surface area contributed by atoms with E-state index in [0.717, 1.165) is 24.6 Å². The lowest BCUT2D eigenvalue weighted by Gasteiger charge is -2.50. The van der Waals surface area contributed by atoms with Gasteiger partial charge in [-0.3, -0.25) is 4.79 Å². The maximum atomic E-state index is 12.3. The van der Waals surface area contributed by atoms with Crippen LogP contribution in [0.4, 0.5) is 0 Å². The van der Waals surface area contributed by atoms with Gasteiger partial charge in [0.25, 0.3) is 0 Å². The first-order chi connectivity index (χ1) is 9.66. The molecule has 5 heteroatoms. The summed E-state index contributed by atoms with van der Waals surface area (Å²) in [5.41, 5.74) is 1.17. The van der Waals surface area contributed by atoms with Crippen molar-refractivity contribution in [2.75, 3.05) is 20.1 Å². The Morgan fingerprint density at radius 1 is 1.25 bits per heavy atom. The van der Waals surface area contributed by atoms with E-state index in [4.69, 9.17) is 12.2 Å². The Labute approximate surface area is 125 Å². The molecule has 1 atom stereocenters. The van der Waals surface area contributed by atoms with E-state index in [1.165, 1.54) is 5.56 Å². The van der Waals surface area contributed by atoms with E-state index in [-0.39, 0.29) is 12.1 Å². The first-order valence-electron chi connectivity index (χ1n) is 7.02. The smallest absolute Gasteiger partial charge is 0.226 e. The Morgan fingerprint density at radius 3 is 2.75 bits per heavy atom. The number of hydrogen-bond donors (Lipinski definition) is 0. The van der Waals surface area contributed by atoms with Crippen LogP contribution in [-0.2, 0) is 11.3 Å². The summed E-state index contributed by atoms with van der Waals surface area (Å²) in [7, 11) is 2.02. The zero-order valence-electron chi connectivity index (χ0n) is 11.7. The number of benzene rings is 1. The Balaban J connectivity index is 1.81. The molecule has 1 aromatic rings. The van der Waals surface area contributed by atoms with Crippen LogP contribution in [0.1, 0.15) is 18.4 Å². The van der Waals surface area contributed by atoms with E-state index in [1.54, 1.807) is 0 Å². The van der Waals surface area contributed by atoms with Gasteiger partial charge in [-0.1, -0.05) is 30.3 Å². The first-order valence-corrected chi connectivity index (χ1v) is 7.43. The lowest BCUT2D eigenvalue weighted by molar-refractivity contribution is -0.143. The Hall–Kier alpha value is -1.62. The number of fused-ring (bicyclic) bond motifs is 1. The summed E-state index contributed by atoms with van der Waals surface area (Å²) in [6.07, 6.45) is 1.63. The van der Waals surface area contributed by atoms with Crippen molar-refractivity contribution in [2.45, 2.75) is 25.6 Å². The normalized spacial score (nSPS) is 23.1. The molecule has 1 aromatic carbocycles. The third-order valence-electron chi connectivity index (χ3n) is 4.10. The third kappa shape index (κ3) is 2.38. The molecule has 0 radical (unpaired) electrons. The molecule has 1 unspecified atom stereocenters. The summed E-state index contributed by atoms with van der Waals surface area (Å²) < 4.78 is 0. The number of carbonyl (C=O) groups is 1. The monoisotopic (exact) mass is 289 g/mol. The number of rotatable bonds is 2. The van der Waals surface area contributed by atoms with Gasteiger partial charge in [0.1, 0.15) is 6.17 Å². The predicted molar refractivity (Wildman–Crippen MR) is 81.9 cm³/mol. The number of thiocarbonyl (C=S) groups is 1. The standard InChI is InChI=1S/C15H19N3OS/c1-16-9-7-13-17(15(16)20)10-8-14(19)18(13)11-12-5-3-2-4-6-12/h2-6,13H,7-11H2,1H3. The summed E-state index contributed by atoms with van der Waals surface area (Å²) in [5.74, 6) is 0.238. The highest BCUT2D eigenvalue weighted by atomic mass is 32.1. The van der Waals surface area contributed by atoms with E-state index < -0.39 is 0 Å². The summed E-state index contributed by atoms with van der Waals surface area (Å²) in [4.78, 5) is 18.6. The topological polar surface area (TPSA) is 26.8 Å². The van der Waals surface area contributed by atoms with Gasteiger partial charge in [0.05, 0.1) is 0 Å². The van der Waals surface area contributed by atoms with Crippen LogP contribution in [0.3, 0.4) is 0 Å². The van der Waals surface area contributed by atoms with Crippen LogP contribution in [0.25, 0.3) is 0 Å². The van der Waals surface area contributed by atoms with E-state index in [2.05, 4.69) is 21.9 Å². The number of nitrogens with zero attached hydrogens (tertiary/aromatic N) is 3. The van der Waals surface area contributed by atoms with Crippen LogP contribution in [-0.4, -0.2) is 52.0 Å². The van der Waals surface area contributed by atoms with Crippen LogP contribution in [0.15, 0.2) is 30.3 Å². The summed E-state index contributed by atoms with van der Waals surface area (Å²) in [6, 6.07) is 10.2. The average Bonchev–Trinajstić information content (AvgIpc) is 2.47. The Morgan fingerprint density at radius 2 is 2.00 bits per heavy atom. The molecule has 0 spiro atoms. The van der Waals surface area contributed by atoms with Crippen molar-refractivity contribution in [3.63, 3.8) is 0 Å². The number of amides is 1. The van der Waals surface area contributed by atoms with Crippen LogP contribution in [0.5, 0.6) is 0 Å². The van der Waals surface area contributed by atoms with Gasteiger partial charge in [0, 0.05) is 39.5 Å². The number of carbonyl (C=O) groups excluding carboxylic acids is 1. The van der Waals surface area contributed by atoms with Gasteiger partial charge in [-0.25, -0.2) is 0 Å². The zero-order valence-corrected chi connectivity index (χ0v) is 12.5. The van der Waals surface area contributed by atoms with E-state index in [1.807, 2.05) is 30.1 Å². The molecule has 0 aliphatic carbocycles. The molecular formula is C15H19N3OS. The fraction of sp³-hybridized carbons (Fsp3) is 0.467. The predicted octanol–water partition coefficient (Wildman–Crippen LogP) is 1.67. The van der Waals surface area contributed by atoms with Crippen molar-refractivity contribution in [3.05, 3.63) is 35.9 Å². The van der Waals surface area contributed by atoms with E-state index in [0.29, 0.717) is 13.0 Å². The highest BCUT2D eigenvalue weighted by molar-refractivity contribution is 7.80. The van der Waals surface area contributed by atoms with Gasteiger partial charge in [0.2, 0.25) is 5.91 Å². The molecule has 4 nitrogen and oxygen atoms in total. The lowest BCUT2D eigenvalue weighted by Crippen LogP contribution is -2.63. The second kappa shape index (κ2) is 5.40. The first kappa shape index (κ1) is 13.4. The quantitative estimate of drug-likeness (QED) is 0.774. The molecule has 2 fully saturated rings. The fourth-order valence-electron chi connectivity index (χ4n) is 2.98. The molecule has 106 valence electrons. The molecule has 2 aliphatic heterocycles. The third-order valence-corrected chi connectivity index (χ3v) is 4.64. The van der Waals surface area contributed by atoms with E-state index >= 15 is 0 Å². The van der Waals surface area contributed by atoms with Crippen LogP contribution >= 0.6 is 12.2 Å². The van der Waals surface area contributed by atoms with Gasteiger partial charge >= 0.3 is 0 Å². The van der Waals surface area contributed by atoms with Crippen LogP contribution < -0.4 is 0 Å². The fourth-order valence-corrected chi connectivity index (χ4v) is 3.28. The second-order valence-corrected chi connectivity index (χ2v) is 5.79. The molecule has 3 rings (SSSR count). The molecule has 2 saturated heterocycles. The Bertz CT molecular complexity index is 519. The molecule has 0 aromatic heterocycles. The molecule has 2 aliphatic rings. The molecule has 0 N–H and O–H groups in total. The van der Waals surface area contributed by atoms with Crippen molar-refractivity contribution in [1.29, 1.82) is 0 Å². The molecule has 20 heavy (non-hydrogen) atoms. The van der Waals surface area contributed by atoms with Gasteiger partial charge in [-0.05, 0) is 17.8 Å². The molecule has 1 amide bonds. The van der Waals surface area contributed by atoms with Gasteiger partial charge < -0.3 is 14.7 Å². The number of hydrogen-bond acceptors (Lipinski definition) is 2. The van der Waals surface area contributed by atoms with Gasteiger partial charge in [0.15, 0.2) is 5.11 Å². The van der Waals surface area contributed by atoms with Crippen molar-refractivity contribution in [3.8, 4) is 0 Å². The minimum absolute atomic E-state index is 0.125. The Kier molecular flexibility index (Phi) is 3.61. The van der Waals surface area contributed by atoms with Crippen molar-refractivity contribution >= 4 is 23.2 Å². The average molecular weight is 289 g/mol. The van der Waals surface area contributed by atoms with Gasteiger partial charge in [-0.15, -0.1) is 0 Å². The molecule has 0 saturated carbocycles. The minimum Gasteiger partial charge on any atom is -0.352 e. The van der Waals surface area contributed by atoms with Crippen molar-refractivity contribution in [2.24, 2.45) is 0 Å². The maximum absolute atomic E-state index is 12.3. The van der Waals surface area contributed by atoms with Crippen molar-refractivity contribution < 1.29 is 4.79 Å². The minimum atomic E-state index is 0.125. The van der Waals surface area contributed by atoms with Crippen molar-refractivity contribution in [1.82, 2.24) is 14.7 Å². The summed E-state index contributed by atoms with van der Waals surface area (Å²) >= 11 is 5.50. The van der Waals surface area contributed by atoms with Crippen LogP contribution in [0, 0.1) is 0 Å². The lowest BCUT2D eigenvalue weighted by atomic mass is 10.1. The van der Waals surface area contributed by atoms with E-state index in [9.17, 15) is 4.79 Å². The highest BCUT2D eigenvalue weighted by Crippen LogP contribution is 2.25. The summed E-state index contributed by atoms with van der Waals surface area (Å²) in [5, 5.41) is 0.867. The zero-order chi connectivity index (χ0) is 14.1. The molecule has 2 heterocycles. The molecule has 0 bridgehead atoms. The SMILES string of the molecule is CN1CCC2N(Cc3ccccc3)C(=O)CCN2C1=S. The second-order valence-electron chi connectivity index (χ2n) is 5.42. The van der Waals surface area contributed by atoms with Gasteiger partial charge in [-0.2, -0.15) is 0 Å². The molecular weight excluding hydrogens is 270 g/mol.